The molecule has 0 unspecified atom stereocenters. The van der Waals surface area contributed by atoms with Crippen LogP contribution in [0.1, 0.15) is 56.5 Å². The van der Waals surface area contributed by atoms with Crippen LogP contribution in [-0.4, -0.2) is 41.4 Å². The monoisotopic (exact) mass is 401 g/mol. The summed E-state index contributed by atoms with van der Waals surface area (Å²) in [6, 6.07) is 5.32. The minimum Gasteiger partial charge on any atom is -0.497 e. The summed E-state index contributed by atoms with van der Waals surface area (Å²) in [4.78, 5) is 12.6. The van der Waals surface area contributed by atoms with Gasteiger partial charge in [0.15, 0.2) is 0 Å². The third kappa shape index (κ3) is 4.70. The highest BCUT2D eigenvalue weighted by molar-refractivity contribution is 5.78. The van der Waals surface area contributed by atoms with Gasteiger partial charge in [0.05, 0.1) is 32.8 Å². The molecular weight excluding hydrogens is 370 g/mol. The molecule has 0 bridgehead atoms. The van der Waals surface area contributed by atoms with Gasteiger partial charge in [0, 0.05) is 18.5 Å². The summed E-state index contributed by atoms with van der Waals surface area (Å²) < 4.78 is 12.9. The lowest BCUT2D eigenvalue weighted by Gasteiger charge is -2.23. The predicted molar refractivity (Wildman–Crippen MR) is 110 cm³/mol. The number of hydrogen-bond acceptors (Lipinski definition) is 6. The Morgan fingerprint density at radius 1 is 1.21 bits per heavy atom. The van der Waals surface area contributed by atoms with Crippen molar-refractivity contribution in [3.8, 4) is 11.5 Å². The van der Waals surface area contributed by atoms with Crippen LogP contribution in [0.2, 0.25) is 0 Å². The molecule has 8 heteroatoms. The number of carbonyl (C=O) groups is 1. The number of benzene rings is 1. The number of fused-ring (bicyclic) bond motifs is 1. The number of amides is 1. The van der Waals surface area contributed by atoms with Gasteiger partial charge in [-0.3, -0.25) is 10.1 Å². The summed E-state index contributed by atoms with van der Waals surface area (Å²) in [6.45, 7) is 7.31. The Bertz CT molecular complexity index is 849. The van der Waals surface area contributed by atoms with Crippen molar-refractivity contribution in [2.75, 3.05) is 20.8 Å². The zero-order valence-electron chi connectivity index (χ0n) is 17.9. The molecule has 0 spiro atoms. The second-order valence-corrected chi connectivity index (χ2v) is 7.73. The number of nitrogens with zero attached hydrogens (tertiary/aromatic N) is 3. The summed E-state index contributed by atoms with van der Waals surface area (Å²) in [6.07, 6.45) is 2.07. The normalized spacial score (nSPS) is 15.1. The van der Waals surface area contributed by atoms with E-state index in [2.05, 4.69) is 39.2 Å². The van der Waals surface area contributed by atoms with Crippen LogP contribution in [0.4, 0.5) is 0 Å². The molecule has 1 amide bonds. The maximum atomic E-state index is 12.6. The number of hydrogen-bond donors (Lipinski definition) is 2. The van der Waals surface area contributed by atoms with Gasteiger partial charge in [0.1, 0.15) is 23.1 Å². The first-order valence-electron chi connectivity index (χ1n) is 10.1. The van der Waals surface area contributed by atoms with Crippen molar-refractivity contribution in [3.63, 3.8) is 0 Å². The molecule has 0 saturated heterocycles. The average Bonchev–Trinajstić information content (AvgIpc) is 3.32. The van der Waals surface area contributed by atoms with E-state index < -0.39 is 0 Å². The predicted octanol–water partition coefficient (Wildman–Crippen LogP) is 2.41. The number of carbonyl (C=O) groups excluding carboxylic acids is 1. The topological polar surface area (TPSA) is 90.3 Å². The van der Waals surface area contributed by atoms with Crippen LogP contribution in [-0.2, 0) is 17.8 Å². The van der Waals surface area contributed by atoms with Crippen molar-refractivity contribution in [1.29, 1.82) is 0 Å². The summed E-state index contributed by atoms with van der Waals surface area (Å²) in [5, 5.41) is 15.1. The van der Waals surface area contributed by atoms with E-state index in [1.807, 2.05) is 25.1 Å². The third-order valence-corrected chi connectivity index (χ3v) is 5.35. The Balaban J connectivity index is 1.64. The van der Waals surface area contributed by atoms with Gasteiger partial charge < -0.3 is 19.4 Å². The van der Waals surface area contributed by atoms with Gasteiger partial charge in [-0.1, -0.05) is 13.8 Å². The first-order chi connectivity index (χ1) is 13.9. The van der Waals surface area contributed by atoms with Crippen molar-refractivity contribution in [2.24, 2.45) is 5.92 Å². The van der Waals surface area contributed by atoms with Crippen LogP contribution in [0.5, 0.6) is 11.5 Å². The standard InChI is InChI=1S/C21H31N5O3/c1-13(2)20(21-25-24-18-7-6-10-26(18)21)22-12-19(27)23-14(3)16-11-15(28-4)8-9-17(16)29-5/h8-9,11,13-14,20,22H,6-7,10,12H2,1-5H3,(H,23,27)/t14-,20+/m0/s1. The number of ether oxygens (including phenoxy) is 2. The molecule has 3 rings (SSSR count). The Kier molecular flexibility index (Phi) is 6.74. The fourth-order valence-electron chi connectivity index (χ4n) is 3.78. The zero-order chi connectivity index (χ0) is 21.0. The molecule has 158 valence electrons. The van der Waals surface area contributed by atoms with E-state index in [9.17, 15) is 4.79 Å². The fourth-order valence-corrected chi connectivity index (χ4v) is 3.78. The van der Waals surface area contributed by atoms with Crippen LogP contribution in [0, 0.1) is 5.92 Å². The molecule has 2 N–H and O–H groups in total. The number of methoxy groups -OCH3 is 2. The molecule has 2 heterocycles. The zero-order valence-corrected chi connectivity index (χ0v) is 17.9. The second-order valence-electron chi connectivity index (χ2n) is 7.73. The van der Waals surface area contributed by atoms with Crippen molar-refractivity contribution < 1.29 is 14.3 Å². The van der Waals surface area contributed by atoms with Crippen molar-refractivity contribution in [1.82, 2.24) is 25.4 Å². The van der Waals surface area contributed by atoms with Crippen LogP contribution in [0.3, 0.4) is 0 Å². The summed E-state index contributed by atoms with van der Waals surface area (Å²) in [5.74, 6) is 3.59. The Morgan fingerprint density at radius 3 is 2.69 bits per heavy atom. The van der Waals surface area contributed by atoms with Gasteiger partial charge in [0.2, 0.25) is 5.91 Å². The smallest absolute Gasteiger partial charge is 0.234 e. The molecule has 1 aliphatic rings. The Morgan fingerprint density at radius 2 is 2.00 bits per heavy atom. The lowest BCUT2D eigenvalue weighted by molar-refractivity contribution is -0.121. The number of rotatable bonds is 9. The average molecular weight is 402 g/mol. The first kappa shape index (κ1) is 21.1. The number of aryl methyl sites for hydroxylation is 1. The minimum absolute atomic E-state index is 0.0261. The molecule has 8 nitrogen and oxygen atoms in total. The molecule has 1 aromatic heterocycles. The lowest BCUT2D eigenvalue weighted by atomic mass is 10.0. The van der Waals surface area contributed by atoms with E-state index >= 15 is 0 Å². The largest absolute Gasteiger partial charge is 0.497 e. The van der Waals surface area contributed by atoms with E-state index in [4.69, 9.17) is 9.47 Å². The molecule has 0 aliphatic carbocycles. The van der Waals surface area contributed by atoms with E-state index in [-0.39, 0.29) is 30.5 Å². The third-order valence-electron chi connectivity index (χ3n) is 5.35. The van der Waals surface area contributed by atoms with E-state index in [1.165, 1.54) is 0 Å². The molecule has 0 saturated carbocycles. The summed E-state index contributed by atoms with van der Waals surface area (Å²) in [7, 11) is 3.23. The Hall–Kier alpha value is -2.61. The molecule has 0 radical (unpaired) electrons. The van der Waals surface area contributed by atoms with Crippen LogP contribution < -0.4 is 20.1 Å². The van der Waals surface area contributed by atoms with Crippen molar-refractivity contribution >= 4 is 5.91 Å². The van der Waals surface area contributed by atoms with Crippen LogP contribution in [0.25, 0.3) is 0 Å². The fraction of sp³-hybridized carbons (Fsp3) is 0.571. The molecule has 1 aromatic carbocycles. The first-order valence-corrected chi connectivity index (χ1v) is 10.1. The summed E-state index contributed by atoms with van der Waals surface area (Å²) >= 11 is 0. The molecule has 0 fully saturated rings. The highest BCUT2D eigenvalue weighted by atomic mass is 16.5. The minimum atomic E-state index is -0.218. The second kappa shape index (κ2) is 9.26. The highest BCUT2D eigenvalue weighted by Crippen LogP contribution is 2.29. The van der Waals surface area contributed by atoms with Gasteiger partial charge in [-0.2, -0.15) is 0 Å². The van der Waals surface area contributed by atoms with Crippen LogP contribution in [0.15, 0.2) is 18.2 Å². The lowest BCUT2D eigenvalue weighted by Crippen LogP contribution is -2.39. The molecule has 2 aromatic rings. The van der Waals surface area contributed by atoms with Crippen molar-refractivity contribution in [3.05, 3.63) is 35.4 Å². The quantitative estimate of drug-likeness (QED) is 0.671. The molecular formula is C21H31N5O3. The molecule has 2 atom stereocenters. The SMILES string of the molecule is COc1ccc(OC)c([C@H](C)NC(=O)CN[C@@H](c2nnc3n2CCC3)C(C)C)c1. The molecule has 1 aliphatic heterocycles. The van der Waals surface area contributed by atoms with Crippen molar-refractivity contribution in [2.45, 2.75) is 52.2 Å². The number of nitrogens with one attached hydrogen (secondary N) is 2. The van der Waals surface area contributed by atoms with Gasteiger partial charge in [-0.25, -0.2) is 0 Å². The van der Waals surface area contributed by atoms with Gasteiger partial charge in [0.25, 0.3) is 0 Å². The van der Waals surface area contributed by atoms with E-state index in [0.717, 1.165) is 42.3 Å². The number of aromatic nitrogens is 3. The Labute approximate surface area is 172 Å². The maximum Gasteiger partial charge on any atom is 0.234 e. The summed E-state index contributed by atoms with van der Waals surface area (Å²) in [5.41, 5.74) is 0.871. The van der Waals surface area contributed by atoms with E-state index in [0.29, 0.717) is 5.75 Å². The van der Waals surface area contributed by atoms with Gasteiger partial charge >= 0.3 is 0 Å². The maximum absolute atomic E-state index is 12.6. The highest BCUT2D eigenvalue weighted by Gasteiger charge is 2.26. The van der Waals surface area contributed by atoms with E-state index in [1.54, 1.807) is 14.2 Å². The van der Waals surface area contributed by atoms with Crippen LogP contribution >= 0.6 is 0 Å². The molecule has 29 heavy (non-hydrogen) atoms. The van der Waals surface area contributed by atoms with Gasteiger partial charge in [-0.15, -0.1) is 10.2 Å². The van der Waals surface area contributed by atoms with Gasteiger partial charge in [-0.05, 0) is 37.5 Å².